The first-order valence-electron chi connectivity index (χ1n) is 9.18. The first kappa shape index (κ1) is 19.5. The quantitative estimate of drug-likeness (QED) is 0.515. The van der Waals surface area contributed by atoms with Gasteiger partial charge in [0.1, 0.15) is 5.82 Å². The van der Waals surface area contributed by atoms with E-state index in [-0.39, 0.29) is 18.1 Å². The maximum absolute atomic E-state index is 13.2. The zero-order chi connectivity index (χ0) is 20.3. The van der Waals surface area contributed by atoms with Gasteiger partial charge in [0.05, 0.1) is 12.6 Å². The number of hydrazone groups is 1. The fourth-order valence-corrected chi connectivity index (χ4v) is 3.34. The van der Waals surface area contributed by atoms with Crippen molar-refractivity contribution in [2.45, 2.75) is 34.1 Å². The van der Waals surface area contributed by atoms with Crippen molar-refractivity contribution in [1.82, 2.24) is 9.99 Å². The number of carbonyl (C=O) groups excluding carboxylic acids is 1. The maximum Gasteiger partial charge on any atom is 0.244 e. The predicted molar refractivity (Wildman–Crippen MR) is 111 cm³/mol. The van der Waals surface area contributed by atoms with Crippen LogP contribution in [0.2, 0.25) is 0 Å². The zero-order valence-electron chi connectivity index (χ0n) is 16.6. The van der Waals surface area contributed by atoms with Crippen molar-refractivity contribution >= 4 is 12.1 Å². The van der Waals surface area contributed by atoms with E-state index in [1.807, 2.05) is 50.5 Å². The molecular formula is C23H24FN3O. The molecule has 1 aromatic heterocycles. The molecule has 0 radical (unpaired) electrons. The van der Waals surface area contributed by atoms with Crippen LogP contribution < -0.4 is 5.43 Å². The molecule has 1 heterocycles. The van der Waals surface area contributed by atoms with Crippen molar-refractivity contribution in [2.24, 2.45) is 5.10 Å². The van der Waals surface area contributed by atoms with Crippen molar-refractivity contribution in [1.29, 1.82) is 0 Å². The number of aromatic nitrogens is 1. The molecule has 0 spiro atoms. The van der Waals surface area contributed by atoms with Crippen molar-refractivity contribution in [3.8, 4) is 5.69 Å². The lowest BCUT2D eigenvalue weighted by atomic mass is 10.0. The van der Waals surface area contributed by atoms with E-state index in [9.17, 15) is 9.18 Å². The number of aryl methyl sites for hydroxylation is 3. The van der Waals surface area contributed by atoms with Gasteiger partial charge in [-0.1, -0.05) is 23.8 Å². The van der Waals surface area contributed by atoms with Crippen LogP contribution in [-0.4, -0.2) is 16.7 Å². The molecule has 3 aromatic rings. The summed E-state index contributed by atoms with van der Waals surface area (Å²) in [5, 5.41) is 4.11. The van der Waals surface area contributed by atoms with Crippen molar-refractivity contribution in [2.75, 3.05) is 0 Å². The van der Waals surface area contributed by atoms with Gasteiger partial charge in [0.2, 0.25) is 5.91 Å². The second kappa shape index (κ2) is 8.21. The molecule has 0 aliphatic rings. The van der Waals surface area contributed by atoms with Crippen LogP contribution in [0.25, 0.3) is 5.69 Å². The van der Waals surface area contributed by atoms with Crippen LogP contribution in [0.3, 0.4) is 0 Å². The minimum Gasteiger partial charge on any atom is -0.318 e. The highest BCUT2D eigenvalue weighted by Crippen LogP contribution is 2.20. The van der Waals surface area contributed by atoms with Crippen LogP contribution in [0.4, 0.5) is 4.39 Å². The van der Waals surface area contributed by atoms with E-state index < -0.39 is 0 Å². The van der Waals surface area contributed by atoms with Crippen LogP contribution in [-0.2, 0) is 11.2 Å². The van der Waals surface area contributed by atoms with Crippen LogP contribution in [0, 0.1) is 33.5 Å². The molecule has 0 atom stereocenters. The van der Waals surface area contributed by atoms with E-state index in [1.54, 1.807) is 18.3 Å². The Kier molecular flexibility index (Phi) is 5.73. The predicted octanol–water partition coefficient (Wildman–Crippen LogP) is 4.54. The largest absolute Gasteiger partial charge is 0.318 e. The summed E-state index contributed by atoms with van der Waals surface area (Å²) in [4.78, 5) is 12.2. The van der Waals surface area contributed by atoms with Gasteiger partial charge in [-0.3, -0.25) is 4.79 Å². The summed E-state index contributed by atoms with van der Waals surface area (Å²) >= 11 is 0. The minimum absolute atomic E-state index is 0.157. The lowest BCUT2D eigenvalue weighted by molar-refractivity contribution is -0.120. The van der Waals surface area contributed by atoms with Crippen LogP contribution in [0.1, 0.15) is 33.6 Å². The minimum atomic E-state index is -0.264. The zero-order valence-corrected chi connectivity index (χ0v) is 16.6. The number of rotatable bonds is 5. The molecule has 0 saturated heterocycles. The van der Waals surface area contributed by atoms with Gasteiger partial charge >= 0.3 is 0 Å². The van der Waals surface area contributed by atoms with E-state index in [1.165, 1.54) is 17.7 Å². The molecule has 2 aromatic carbocycles. The van der Waals surface area contributed by atoms with Crippen molar-refractivity contribution in [3.63, 3.8) is 0 Å². The van der Waals surface area contributed by atoms with Crippen molar-refractivity contribution < 1.29 is 9.18 Å². The Labute approximate surface area is 164 Å². The number of hydrogen-bond donors (Lipinski definition) is 1. The van der Waals surface area contributed by atoms with Gasteiger partial charge in [0.25, 0.3) is 0 Å². The highest BCUT2D eigenvalue weighted by atomic mass is 19.1. The monoisotopic (exact) mass is 377 g/mol. The highest BCUT2D eigenvalue weighted by Gasteiger charge is 2.10. The summed E-state index contributed by atoms with van der Waals surface area (Å²) in [5.41, 5.74) is 9.62. The summed E-state index contributed by atoms with van der Waals surface area (Å²) in [6.45, 7) is 7.98. The molecule has 3 rings (SSSR count). The molecule has 1 N–H and O–H groups in total. The van der Waals surface area contributed by atoms with Crippen LogP contribution in [0.15, 0.2) is 53.6 Å². The lowest BCUT2D eigenvalue weighted by Crippen LogP contribution is -2.20. The Bertz CT molecular complexity index is 1030. The number of amides is 1. The van der Waals surface area contributed by atoms with E-state index in [2.05, 4.69) is 16.6 Å². The number of carbonyl (C=O) groups is 1. The molecule has 0 bridgehead atoms. The summed E-state index contributed by atoms with van der Waals surface area (Å²) in [6, 6.07) is 14.4. The Morgan fingerprint density at radius 2 is 1.79 bits per heavy atom. The van der Waals surface area contributed by atoms with Crippen LogP contribution >= 0.6 is 0 Å². The fourth-order valence-electron chi connectivity index (χ4n) is 3.34. The SMILES string of the molecule is Cc1ccc(CC(=O)N/N=C\c2cc(C)n(-c3ccc(F)cc3)c2C)c(C)c1. The standard InChI is InChI=1S/C23H24FN3O/c1-15-5-6-19(16(2)11-15)13-23(28)26-25-14-20-12-17(3)27(18(20)4)22-9-7-21(24)8-10-22/h5-12,14H,13H2,1-4H3,(H,26,28)/b25-14-. The molecular weight excluding hydrogens is 353 g/mol. The lowest BCUT2D eigenvalue weighted by Gasteiger charge is -2.09. The smallest absolute Gasteiger partial charge is 0.244 e. The van der Waals surface area contributed by atoms with Gasteiger partial charge in [-0.25, -0.2) is 9.82 Å². The molecule has 1 amide bonds. The third-order valence-electron chi connectivity index (χ3n) is 4.80. The average Bonchev–Trinajstić information content (AvgIpc) is 2.92. The van der Waals surface area contributed by atoms with E-state index >= 15 is 0 Å². The third-order valence-corrected chi connectivity index (χ3v) is 4.80. The number of halogens is 1. The molecule has 28 heavy (non-hydrogen) atoms. The summed E-state index contributed by atoms with van der Waals surface area (Å²) < 4.78 is 15.2. The van der Waals surface area contributed by atoms with E-state index in [0.29, 0.717) is 0 Å². The number of nitrogens with zero attached hydrogens (tertiary/aromatic N) is 2. The molecule has 144 valence electrons. The molecule has 0 aliphatic heterocycles. The van der Waals surface area contributed by atoms with Gasteiger partial charge in [0.15, 0.2) is 0 Å². The van der Waals surface area contributed by atoms with E-state index in [0.717, 1.165) is 33.8 Å². The highest BCUT2D eigenvalue weighted by molar-refractivity contribution is 5.85. The number of benzene rings is 2. The Hall–Kier alpha value is -3.21. The summed E-state index contributed by atoms with van der Waals surface area (Å²) in [6.07, 6.45) is 1.93. The summed E-state index contributed by atoms with van der Waals surface area (Å²) in [5.74, 6) is -0.421. The number of nitrogens with one attached hydrogen (secondary N) is 1. The average molecular weight is 377 g/mol. The van der Waals surface area contributed by atoms with Gasteiger partial charge in [-0.2, -0.15) is 5.10 Å². The van der Waals surface area contributed by atoms with Gasteiger partial charge < -0.3 is 4.57 Å². The maximum atomic E-state index is 13.2. The second-order valence-corrected chi connectivity index (χ2v) is 7.04. The Morgan fingerprint density at radius 3 is 2.46 bits per heavy atom. The molecule has 0 saturated carbocycles. The topological polar surface area (TPSA) is 46.4 Å². The first-order valence-corrected chi connectivity index (χ1v) is 9.18. The van der Waals surface area contributed by atoms with Gasteiger partial charge in [-0.15, -0.1) is 0 Å². The molecule has 0 unspecified atom stereocenters. The molecule has 4 nitrogen and oxygen atoms in total. The molecule has 0 fully saturated rings. The van der Waals surface area contributed by atoms with Gasteiger partial charge in [0, 0.05) is 22.6 Å². The number of hydrogen-bond acceptors (Lipinski definition) is 2. The fraction of sp³-hybridized carbons (Fsp3) is 0.217. The molecule has 5 heteroatoms. The third kappa shape index (κ3) is 4.36. The Morgan fingerprint density at radius 1 is 1.07 bits per heavy atom. The van der Waals surface area contributed by atoms with Gasteiger partial charge in [-0.05, 0) is 69.2 Å². The Balaban J connectivity index is 1.70. The van der Waals surface area contributed by atoms with Crippen LogP contribution in [0.5, 0.6) is 0 Å². The van der Waals surface area contributed by atoms with E-state index in [4.69, 9.17) is 0 Å². The second-order valence-electron chi connectivity index (χ2n) is 7.04. The van der Waals surface area contributed by atoms with Crippen molar-refractivity contribution in [3.05, 3.63) is 88.0 Å². The normalized spacial score (nSPS) is 11.2. The molecule has 0 aliphatic carbocycles. The first-order chi connectivity index (χ1) is 13.3. The summed E-state index contributed by atoms with van der Waals surface area (Å²) in [7, 11) is 0.